The number of carbonyl (C=O) groups is 1. The molecule has 2 aromatic rings. The van der Waals surface area contributed by atoms with Gasteiger partial charge in [0.2, 0.25) is 0 Å². The zero-order valence-electron chi connectivity index (χ0n) is 15.0. The standard InChI is InChI=1S/C20H24FN3O2/c1-26-19-8-2-16(3-9-19)14-22-20(25)15-23-10-12-24(13-11-23)18-6-4-17(21)5-7-18/h2-9H,10-15H2,1H3,(H,22,25)/p+1. The van der Waals surface area contributed by atoms with E-state index in [1.807, 2.05) is 36.4 Å². The second kappa shape index (κ2) is 8.67. The highest BCUT2D eigenvalue weighted by Gasteiger charge is 2.22. The number of piperazine rings is 1. The molecule has 1 fully saturated rings. The Morgan fingerprint density at radius 2 is 1.77 bits per heavy atom. The largest absolute Gasteiger partial charge is 0.497 e. The summed E-state index contributed by atoms with van der Waals surface area (Å²) >= 11 is 0. The lowest BCUT2D eigenvalue weighted by molar-refractivity contribution is -0.892. The predicted molar refractivity (Wildman–Crippen MR) is 99.0 cm³/mol. The fraction of sp³-hybridized carbons (Fsp3) is 0.350. The molecular weight excluding hydrogens is 333 g/mol. The summed E-state index contributed by atoms with van der Waals surface area (Å²) in [5.74, 6) is 0.654. The Kier molecular flexibility index (Phi) is 6.07. The van der Waals surface area contributed by atoms with E-state index >= 15 is 0 Å². The number of hydrogen-bond donors (Lipinski definition) is 2. The molecule has 1 aliphatic heterocycles. The van der Waals surface area contributed by atoms with Crippen LogP contribution in [0.1, 0.15) is 5.56 Å². The third-order valence-electron chi connectivity index (χ3n) is 4.72. The van der Waals surface area contributed by atoms with Gasteiger partial charge in [0.05, 0.1) is 33.3 Å². The average molecular weight is 358 g/mol. The van der Waals surface area contributed by atoms with Gasteiger partial charge >= 0.3 is 0 Å². The van der Waals surface area contributed by atoms with Gasteiger partial charge in [-0.15, -0.1) is 0 Å². The van der Waals surface area contributed by atoms with Gasteiger partial charge in [0.1, 0.15) is 11.6 Å². The van der Waals surface area contributed by atoms with E-state index in [1.165, 1.54) is 17.0 Å². The molecule has 0 aromatic heterocycles. The van der Waals surface area contributed by atoms with Crippen LogP contribution in [0.15, 0.2) is 48.5 Å². The average Bonchev–Trinajstić information content (AvgIpc) is 2.68. The van der Waals surface area contributed by atoms with Crippen LogP contribution in [0, 0.1) is 5.82 Å². The van der Waals surface area contributed by atoms with Gasteiger partial charge in [-0.2, -0.15) is 0 Å². The van der Waals surface area contributed by atoms with Crippen molar-refractivity contribution in [1.82, 2.24) is 5.32 Å². The highest BCUT2D eigenvalue weighted by Crippen LogP contribution is 2.14. The summed E-state index contributed by atoms with van der Waals surface area (Å²) in [6.07, 6.45) is 0. The van der Waals surface area contributed by atoms with Crippen molar-refractivity contribution in [2.75, 3.05) is 44.7 Å². The minimum atomic E-state index is -0.216. The van der Waals surface area contributed by atoms with Crippen molar-refractivity contribution in [3.63, 3.8) is 0 Å². The van der Waals surface area contributed by atoms with E-state index in [1.54, 1.807) is 7.11 Å². The van der Waals surface area contributed by atoms with Crippen LogP contribution in [0.4, 0.5) is 10.1 Å². The Morgan fingerprint density at radius 1 is 1.12 bits per heavy atom. The fourth-order valence-electron chi connectivity index (χ4n) is 3.14. The summed E-state index contributed by atoms with van der Waals surface area (Å²) in [6, 6.07) is 14.3. The molecule has 2 N–H and O–H groups in total. The molecule has 0 unspecified atom stereocenters. The molecule has 0 spiro atoms. The molecule has 0 bridgehead atoms. The number of halogens is 1. The zero-order valence-corrected chi connectivity index (χ0v) is 15.0. The van der Waals surface area contributed by atoms with E-state index in [0.717, 1.165) is 43.2 Å². The first-order chi connectivity index (χ1) is 12.6. The van der Waals surface area contributed by atoms with Gasteiger partial charge < -0.3 is 19.9 Å². The van der Waals surface area contributed by atoms with Crippen LogP contribution in [0.25, 0.3) is 0 Å². The molecule has 3 rings (SSSR count). The van der Waals surface area contributed by atoms with Crippen LogP contribution in [-0.4, -0.2) is 45.7 Å². The number of hydrogen-bond acceptors (Lipinski definition) is 3. The molecule has 6 heteroatoms. The quantitative estimate of drug-likeness (QED) is 0.805. The highest BCUT2D eigenvalue weighted by atomic mass is 19.1. The van der Waals surface area contributed by atoms with Gasteiger partial charge in [-0.05, 0) is 42.0 Å². The van der Waals surface area contributed by atoms with Gasteiger partial charge in [0.15, 0.2) is 6.54 Å². The number of nitrogens with one attached hydrogen (secondary N) is 2. The number of methoxy groups -OCH3 is 1. The van der Waals surface area contributed by atoms with Crippen LogP contribution < -0.4 is 19.9 Å². The number of amides is 1. The van der Waals surface area contributed by atoms with Gasteiger partial charge in [0, 0.05) is 12.2 Å². The summed E-state index contributed by atoms with van der Waals surface area (Å²) in [6.45, 7) is 4.53. The van der Waals surface area contributed by atoms with Gasteiger partial charge in [-0.1, -0.05) is 12.1 Å². The number of quaternary nitrogens is 1. The van der Waals surface area contributed by atoms with Crippen molar-refractivity contribution in [1.29, 1.82) is 0 Å². The molecule has 138 valence electrons. The molecule has 5 nitrogen and oxygen atoms in total. The first-order valence-electron chi connectivity index (χ1n) is 8.88. The Morgan fingerprint density at radius 3 is 2.38 bits per heavy atom. The molecule has 2 aromatic carbocycles. The molecule has 1 aliphatic rings. The van der Waals surface area contributed by atoms with E-state index < -0.39 is 0 Å². The summed E-state index contributed by atoms with van der Waals surface area (Å²) in [7, 11) is 1.63. The van der Waals surface area contributed by atoms with Crippen LogP contribution in [0.5, 0.6) is 5.75 Å². The zero-order chi connectivity index (χ0) is 18.4. The molecule has 0 saturated carbocycles. The van der Waals surface area contributed by atoms with Crippen molar-refractivity contribution in [3.8, 4) is 5.75 Å². The summed E-state index contributed by atoms with van der Waals surface area (Å²) in [5, 5.41) is 2.98. The van der Waals surface area contributed by atoms with Crippen LogP contribution in [-0.2, 0) is 11.3 Å². The van der Waals surface area contributed by atoms with Crippen LogP contribution >= 0.6 is 0 Å². The van der Waals surface area contributed by atoms with Gasteiger partial charge in [-0.25, -0.2) is 4.39 Å². The molecular formula is C20H25FN3O2+. The Hall–Kier alpha value is -2.60. The first-order valence-corrected chi connectivity index (χ1v) is 8.88. The van der Waals surface area contributed by atoms with E-state index in [9.17, 15) is 9.18 Å². The van der Waals surface area contributed by atoms with Crippen molar-refractivity contribution in [3.05, 3.63) is 59.9 Å². The van der Waals surface area contributed by atoms with E-state index in [2.05, 4.69) is 10.2 Å². The fourth-order valence-corrected chi connectivity index (χ4v) is 3.14. The van der Waals surface area contributed by atoms with Crippen LogP contribution in [0.2, 0.25) is 0 Å². The minimum absolute atomic E-state index is 0.0612. The number of rotatable bonds is 6. The Labute approximate surface area is 153 Å². The lowest BCUT2D eigenvalue weighted by atomic mass is 10.2. The van der Waals surface area contributed by atoms with Gasteiger partial charge in [-0.3, -0.25) is 4.79 Å². The molecule has 1 saturated heterocycles. The molecule has 0 aliphatic carbocycles. The number of ether oxygens (including phenoxy) is 1. The smallest absolute Gasteiger partial charge is 0.275 e. The first kappa shape index (κ1) is 18.2. The summed E-state index contributed by atoms with van der Waals surface area (Å²) < 4.78 is 18.1. The molecule has 0 radical (unpaired) electrons. The maximum Gasteiger partial charge on any atom is 0.275 e. The SMILES string of the molecule is COc1ccc(CNC(=O)C[NH+]2CCN(c3ccc(F)cc3)CC2)cc1. The van der Waals surface area contributed by atoms with Gasteiger partial charge in [0.25, 0.3) is 5.91 Å². The van der Waals surface area contributed by atoms with E-state index in [-0.39, 0.29) is 11.7 Å². The molecule has 0 atom stereocenters. The third-order valence-corrected chi connectivity index (χ3v) is 4.72. The summed E-state index contributed by atoms with van der Waals surface area (Å²) in [4.78, 5) is 15.7. The number of anilines is 1. The highest BCUT2D eigenvalue weighted by molar-refractivity contribution is 5.76. The van der Waals surface area contributed by atoms with E-state index in [0.29, 0.717) is 13.1 Å². The van der Waals surface area contributed by atoms with Crippen molar-refractivity contribution < 1.29 is 18.8 Å². The maximum atomic E-state index is 13.0. The van der Waals surface area contributed by atoms with Crippen LogP contribution in [0.3, 0.4) is 0 Å². The predicted octanol–water partition coefficient (Wildman–Crippen LogP) is 0.856. The molecule has 26 heavy (non-hydrogen) atoms. The number of benzene rings is 2. The van der Waals surface area contributed by atoms with Crippen molar-refractivity contribution in [2.24, 2.45) is 0 Å². The number of carbonyl (C=O) groups excluding carboxylic acids is 1. The van der Waals surface area contributed by atoms with Crippen molar-refractivity contribution >= 4 is 11.6 Å². The second-order valence-corrected chi connectivity index (χ2v) is 6.52. The van der Waals surface area contributed by atoms with Crippen molar-refractivity contribution in [2.45, 2.75) is 6.54 Å². The lowest BCUT2D eigenvalue weighted by Crippen LogP contribution is -3.15. The molecule has 1 amide bonds. The number of nitrogens with zero attached hydrogens (tertiary/aromatic N) is 1. The van der Waals surface area contributed by atoms with E-state index in [4.69, 9.17) is 4.74 Å². The normalized spacial score (nSPS) is 14.9. The maximum absolute atomic E-state index is 13.0. The minimum Gasteiger partial charge on any atom is -0.497 e. The Balaban J connectivity index is 1.40. The summed E-state index contributed by atoms with van der Waals surface area (Å²) in [5.41, 5.74) is 2.09. The Bertz CT molecular complexity index is 711. The second-order valence-electron chi connectivity index (χ2n) is 6.52. The molecule has 1 heterocycles. The topological polar surface area (TPSA) is 46.0 Å². The monoisotopic (exact) mass is 358 g/mol. The third kappa shape index (κ3) is 4.95. The lowest BCUT2D eigenvalue weighted by Gasteiger charge is -2.33.